The minimum Gasteiger partial charge on any atom is -0.595 e. The van der Waals surface area contributed by atoms with Gasteiger partial charge in [0, 0.05) is 89.1 Å². The minimum absolute atomic E-state index is 0. The van der Waals surface area contributed by atoms with Crippen LogP contribution in [0.25, 0.3) is 32.8 Å². The zero-order valence-electron chi connectivity index (χ0n) is 35.9. The summed E-state index contributed by atoms with van der Waals surface area (Å²) in [5.74, 6) is -2.07. The van der Waals surface area contributed by atoms with E-state index >= 15 is 0 Å². The molecule has 2 saturated heterocycles. The van der Waals surface area contributed by atoms with Crippen molar-refractivity contribution < 1.29 is 93.4 Å². The predicted octanol–water partition coefficient (Wildman–Crippen LogP) is 10.7. The molecule has 6 rings (SSSR count). The largest absolute Gasteiger partial charge is 0.595 e. The van der Waals surface area contributed by atoms with Gasteiger partial charge >= 0.3 is 0 Å². The van der Waals surface area contributed by atoms with Gasteiger partial charge in [-0.05, 0) is 50.3 Å². The van der Waals surface area contributed by atoms with E-state index in [1.165, 1.54) is 11.1 Å². The maximum absolute atomic E-state index is 11.7. The predicted molar refractivity (Wildman–Crippen MR) is 210 cm³/mol. The van der Waals surface area contributed by atoms with Crippen molar-refractivity contribution in [1.29, 1.82) is 0 Å². The molecule has 10 nitrogen and oxygen atoms in total. The molecule has 2 fully saturated rings. The second kappa shape index (κ2) is 21.6. The van der Waals surface area contributed by atoms with E-state index in [1.807, 2.05) is 147 Å². The standard InChI is InChI=1S/C15H8N2O2.2C12H21NO2.2C2H6.2Y/c1-3-14-12(16-8-18-14)6-10(1)5-11-2-4-15-13(7-11)17-9-19-15;2*1-11(2,3)7-8(12(4,5)6)10(15)13-9(7)14;2*1-2;;/h1-4,6-7H,5H2;2*7-8H,1-6H3,(H,13,14,15);2*1-2H3;;/q-2;;;;;;/p-2. The van der Waals surface area contributed by atoms with Crippen molar-refractivity contribution in [1.82, 2.24) is 9.97 Å². The van der Waals surface area contributed by atoms with E-state index in [1.54, 1.807) is 0 Å². The second-order valence-electron chi connectivity index (χ2n) is 17.3. The molecule has 2 aliphatic heterocycles. The summed E-state index contributed by atoms with van der Waals surface area (Å²) in [5.41, 5.74) is 4.69. The van der Waals surface area contributed by atoms with E-state index in [4.69, 9.17) is 8.83 Å². The Morgan fingerprint density at radius 2 is 0.764 bits per heavy atom. The number of benzene rings is 2. The fraction of sp³-hybridized carbons (Fsp3) is 0.581. The van der Waals surface area contributed by atoms with E-state index < -0.39 is 0 Å². The molecule has 55 heavy (non-hydrogen) atoms. The number of aromatic nitrogens is 2. The van der Waals surface area contributed by atoms with Crippen LogP contribution in [0, 0.1) is 58.1 Å². The molecule has 4 amide bonds. The van der Waals surface area contributed by atoms with E-state index in [0.717, 1.165) is 28.6 Å². The van der Waals surface area contributed by atoms with E-state index in [-0.39, 0.29) is 134 Å². The van der Waals surface area contributed by atoms with Crippen LogP contribution in [0.15, 0.2) is 45.2 Å². The van der Waals surface area contributed by atoms with Crippen LogP contribution in [-0.2, 0) is 91.0 Å². The average Bonchev–Trinajstić information content (AvgIpc) is 3.83. The van der Waals surface area contributed by atoms with Crippen LogP contribution in [0.5, 0.6) is 0 Å². The van der Waals surface area contributed by atoms with Crippen LogP contribution >= 0.6 is 0 Å². The molecule has 0 spiro atoms. The third-order valence-electron chi connectivity index (χ3n) is 9.00. The Bertz CT molecular complexity index is 1660. The molecular weight excluding hydrogens is 846 g/mol. The van der Waals surface area contributed by atoms with E-state index in [0.29, 0.717) is 0 Å². The van der Waals surface area contributed by atoms with Crippen LogP contribution in [0.1, 0.15) is 122 Å². The second-order valence-corrected chi connectivity index (χ2v) is 17.3. The maximum atomic E-state index is 11.7. The molecular formula is C43H60N4O6Y2-4. The third kappa shape index (κ3) is 14.0. The molecule has 4 aromatic rings. The van der Waals surface area contributed by atoms with Gasteiger partial charge in [0.15, 0.2) is 0 Å². The Hall–Kier alpha value is -2.13. The van der Waals surface area contributed by atoms with Gasteiger partial charge in [-0.3, -0.25) is 0 Å². The first-order valence-electron chi connectivity index (χ1n) is 18.6. The third-order valence-corrected chi connectivity index (χ3v) is 9.00. The first kappa shape index (κ1) is 52.9. The van der Waals surface area contributed by atoms with Crippen LogP contribution in [-0.4, -0.2) is 33.6 Å². The van der Waals surface area contributed by atoms with Gasteiger partial charge in [-0.25, -0.2) is 0 Å². The monoisotopic (exact) mass is 906 g/mol. The Balaban J connectivity index is 0.000000755. The fourth-order valence-electron chi connectivity index (χ4n) is 6.72. The molecule has 0 aliphatic carbocycles. The molecule has 2 aromatic heterocycles. The summed E-state index contributed by atoms with van der Waals surface area (Å²) in [6.07, 6.45) is 5.81. The summed E-state index contributed by atoms with van der Waals surface area (Å²) in [6.45, 7) is 31.9. The summed E-state index contributed by atoms with van der Waals surface area (Å²) in [6, 6.07) is 11.9. The Morgan fingerprint density at radius 1 is 0.509 bits per heavy atom. The van der Waals surface area contributed by atoms with Crippen molar-refractivity contribution in [3.63, 3.8) is 0 Å². The van der Waals surface area contributed by atoms with Gasteiger partial charge in [0.25, 0.3) is 0 Å². The van der Waals surface area contributed by atoms with Crippen LogP contribution < -0.4 is 0 Å². The number of rotatable bonds is 2. The van der Waals surface area contributed by atoms with Gasteiger partial charge in [-0.2, -0.15) is 0 Å². The number of amides is 4. The van der Waals surface area contributed by atoms with Crippen molar-refractivity contribution in [3.05, 3.63) is 70.9 Å². The Kier molecular flexibility index (Phi) is 20.7. The van der Waals surface area contributed by atoms with Gasteiger partial charge in [0.05, 0.1) is 23.6 Å². The van der Waals surface area contributed by atoms with Crippen molar-refractivity contribution in [2.24, 2.45) is 45.3 Å². The number of imide groups is 2. The topological polar surface area (TPSA) is 149 Å². The summed E-state index contributed by atoms with van der Waals surface area (Å²) < 4.78 is 10.2. The van der Waals surface area contributed by atoms with Crippen molar-refractivity contribution in [3.8, 4) is 0 Å². The van der Waals surface area contributed by atoms with Gasteiger partial charge < -0.3 is 48.6 Å². The first-order valence-corrected chi connectivity index (χ1v) is 18.6. The molecule has 298 valence electrons. The van der Waals surface area contributed by atoms with E-state index in [2.05, 4.69) is 33.4 Å². The number of carbonyl (C=O) groups excluding carboxylic acids is 4. The van der Waals surface area contributed by atoms with Gasteiger partial charge in [0.1, 0.15) is 12.8 Å². The van der Waals surface area contributed by atoms with Crippen LogP contribution in [0.4, 0.5) is 0 Å². The van der Waals surface area contributed by atoms with Gasteiger partial charge in [0.2, 0.25) is 0 Å². The summed E-state index contributed by atoms with van der Waals surface area (Å²) in [4.78, 5) is 54.9. The maximum Gasteiger partial charge on any atom is 0.103 e. The summed E-state index contributed by atoms with van der Waals surface area (Å²) in [5, 5.41) is 7.21. The molecule has 12 heteroatoms. The molecule has 4 unspecified atom stereocenters. The van der Waals surface area contributed by atoms with Crippen molar-refractivity contribution in [2.75, 3.05) is 0 Å². The van der Waals surface area contributed by atoms with Gasteiger partial charge in [-0.15, -0.1) is 0 Å². The molecule has 0 bridgehead atoms. The first-order chi connectivity index (χ1) is 24.5. The summed E-state index contributed by atoms with van der Waals surface area (Å²) >= 11 is 0. The number of fused-ring (bicyclic) bond motifs is 2. The minimum atomic E-state index is -0.273. The molecule has 2 radical (unpaired) electrons. The summed E-state index contributed by atoms with van der Waals surface area (Å²) in [7, 11) is 0. The number of nitrogens with zero attached hydrogens (tertiary/aromatic N) is 4. The fourth-order valence-corrected chi connectivity index (χ4v) is 6.72. The zero-order chi connectivity index (χ0) is 40.7. The molecule has 2 aliphatic rings. The SMILES string of the molecule is CC.CC.CC(C)(C)C1C(=O)[N-]C(=O)C1C(C)(C)C.CC(C)(C)C1C(=O)[N-]C(=O)C1C(C)(C)C.[Y].[Y].[c-]1nc2cc(Cc3ccc4o[c-]nc4c3)ccc2o1. The molecule has 0 N–H and O–H groups in total. The number of hydrogen-bond donors (Lipinski definition) is 0. The molecule has 4 heterocycles. The molecule has 2 aromatic carbocycles. The van der Waals surface area contributed by atoms with Crippen molar-refractivity contribution in [2.45, 2.75) is 117 Å². The quantitative estimate of drug-likeness (QED) is 0.143. The van der Waals surface area contributed by atoms with Crippen LogP contribution in [0.3, 0.4) is 0 Å². The average molecular weight is 907 g/mol. The normalized spacial score (nSPS) is 19.5. The smallest absolute Gasteiger partial charge is 0.103 e. The molecule has 0 saturated carbocycles. The molecule has 4 atom stereocenters. The van der Waals surface area contributed by atoms with E-state index in [9.17, 15) is 19.2 Å². The number of oxazole rings is 2. The number of hydrogen-bond acceptors (Lipinski definition) is 8. The Morgan fingerprint density at radius 3 is 1.00 bits per heavy atom. The Labute approximate surface area is 379 Å². The zero-order valence-corrected chi connectivity index (χ0v) is 41.6. The number of carbonyl (C=O) groups is 4. The van der Waals surface area contributed by atoms with Crippen LogP contribution in [0.2, 0.25) is 0 Å². The van der Waals surface area contributed by atoms with Gasteiger partial charge in [-0.1, -0.05) is 158 Å². The van der Waals surface area contributed by atoms with Crippen molar-refractivity contribution >= 4 is 45.8 Å².